The third kappa shape index (κ3) is 3.62. The van der Waals surface area contributed by atoms with E-state index in [0.29, 0.717) is 23.1 Å². The lowest BCUT2D eigenvalue weighted by Gasteiger charge is -2.23. The highest BCUT2D eigenvalue weighted by atomic mass is 16.6. The Kier molecular flexibility index (Phi) is 5.61. The van der Waals surface area contributed by atoms with Crippen LogP contribution in [-0.4, -0.2) is 62.8 Å². The fraction of sp³-hybridized carbons (Fsp3) is 0.429. The van der Waals surface area contributed by atoms with Crippen LogP contribution >= 0.6 is 0 Å². The van der Waals surface area contributed by atoms with Gasteiger partial charge >= 0.3 is 5.69 Å². The molecule has 0 bridgehead atoms. The van der Waals surface area contributed by atoms with Gasteiger partial charge in [-0.2, -0.15) is 0 Å². The summed E-state index contributed by atoms with van der Waals surface area (Å²) in [6, 6.07) is 6.57. The molecule has 2 aliphatic rings. The molecule has 0 saturated carbocycles. The average molecular weight is 429 g/mol. The van der Waals surface area contributed by atoms with Crippen LogP contribution in [0.2, 0.25) is 0 Å². The lowest BCUT2D eigenvalue weighted by molar-refractivity contribution is -0.0721. The zero-order chi connectivity index (χ0) is 22.3. The van der Waals surface area contributed by atoms with Gasteiger partial charge in [0.15, 0.2) is 6.23 Å². The fourth-order valence-corrected chi connectivity index (χ4v) is 3.96. The summed E-state index contributed by atoms with van der Waals surface area (Å²) in [5.74, 6) is -0.800. The van der Waals surface area contributed by atoms with Crippen LogP contribution in [0.1, 0.15) is 45.9 Å². The SMILES string of the molecule is CC[C@H]1O[C@@H](n2cc(C)c(=O)[nH]c2=O)C(OCCN2C(=O)c3ccccc3C2=O)C1O. The zero-order valence-corrected chi connectivity index (χ0v) is 17.1. The summed E-state index contributed by atoms with van der Waals surface area (Å²) in [5.41, 5.74) is -0.192. The van der Waals surface area contributed by atoms with Gasteiger partial charge in [-0.25, -0.2) is 4.79 Å². The molecule has 4 atom stereocenters. The number of amides is 2. The molecule has 2 aromatic rings. The first kappa shape index (κ1) is 21.2. The highest BCUT2D eigenvalue weighted by Crippen LogP contribution is 2.32. The maximum absolute atomic E-state index is 12.5. The predicted octanol–water partition coefficient (Wildman–Crippen LogP) is 0.195. The number of rotatable bonds is 6. The van der Waals surface area contributed by atoms with Gasteiger partial charge in [-0.05, 0) is 25.5 Å². The largest absolute Gasteiger partial charge is 0.388 e. The number of fused-ring (bicyclic) bond motifs is 1. The molecule has 10 heteroatoms. The molecule has 2 N–H and O–H groups in total. The van der Waals surface area contributed by atoms with Crippen LogP contribution in [-0.2, 0) is 9.47 Å². The molecule has 1 aromatic carbocycles. The number of imide groups is 1. The number of aliphatic hydroxyl groups excluding tert-OH is 1. The van der Waals surface area contributed by atoms with Gasteiger partial charge in [-0.3, -0.25) is 28.8 Å². The van der Waals surface area contributed by atoms with Gasteiger partial charge in [0.1, 0.15) is 12.2 Å². The van der Waals surface area contributed by atoms with Gasteiger partial charge in [0.05, 0.1) is 30.4 Å². The number of aryl methyl sites for hydroxylation is 1. The Morgan fingerprint density at radius 2 is 1.77 bits per heavy atom. The number of carbonyl (C=O) groups is 2. The van der Waals surface area contributed by atoms with E-state index in [2.05, 4.69) is 4.98 Å². The molecule has 0 spiro atoms. The second-order valence-electron chi connectivity index (χ2n) is 7.59. The Balaban J connectivity index is 1.51. The molecule has 31 heavy (non-hydrogen) atoms. The lowest BCUT2D eigenvalue weighted by Crippen LogP contribution is -2.41. The summed E-state index contributed by atoms with van der Waals surface area (Å²) in [5, 5.41) is 10.6. The highest BCUT2D eigenvalue weighted by Gasteiger charge is 2.45. The van der Waals surface area contributed by atoms with Crippen LogP contribution in [0.15, 0.2) is 40.1 Å². The van der Waals surface area contributed by atoms with Crippen molar-refractivity contribution < 1.29 is 24.2 Å². The molecule has 0 radical (unpaired) electrons. The van der Waals surface area contributed by atoms with Crippen LogP contribution in [0.3, 0.4) is 0 Å². The van der Waals surface area contributed by atoms with Gasteiger partial charge in [-0.1, -0.05) is 19.1 Å². The molecular weight excluding hydrogens is 406 g/mol. The summed E-state index contributed by atoms with van der Waals surface area (Å²) in [6.45, 7) is 3.31. The van der Waals surface area contributed by atoms with Crippen molar-refractivity contribution in [3.05, 3.63) is 68.0 Å². The average Bonchev–Trinajstić information content (AvgIpc) is 3.20. The molecule has 2 aliphatic heterocycles. The number of aromatic nitrogens is 2. The second-order valence-corrected chi connectivity index (χ2v) is 7.59. The summed E-state index contributed by atoms with van der Waals surface area (Å²) >= 11 is 0. The van der Waals surface area contributed by atoms with Crippen molar-refractivity contribution >= 4 is 11.8 Å². The molecule has 2 amide bonds. The molecule has 2 unspecified atom stereocenters. The van der Waals surface area contributed by atoms with Gasteiger partial charge in [0.25, 0.3) is 17.4 Å². The first-order valence-corrected chi connectivity index (χ1v) is 10.1. The van der Waals surface area contributed by atoms with Gasteiger partial charge < -0.3 is 14.6 Å². The van der Waals surface area contributed by atoms with Crippen LogP contribution in [0.4, 0.5) is 0 Å². The van der Waals surface area contributed by atoms with Crippen molar-refractivity contribution in [1.29, 1.82) is 0 Å². The maximum Gasteiger partial charge on any atom is 0.330 e. The first-order valence-electron chi connectivity index (χ1n) is 10.1. The summed E-state index contributed by atoms with van der Waals surface area (Å²) in [7, 11) is 0. The maximum atomic E-state index is 12.5. The molecule has 4 rings (SSSR count). The van der Waals surface area contributed by atoms with E-state index in [0.717, 1.165) is 4.90 Å². The Hall–Kier alpha value is -3.08. The summed E-state index contributed by atoms with van der Waals surface area (Å²) in [6.07, 6.45) is -1.66. The standard InChI is InChI=1S/C21H23N3O7/c1-3-14-15(25)16(20(31-14)24-10-11(2)17(26)22-21(24)29)30-9-8-23-18(27)12-6-4-5-7-13(12)19(23)28/h4-7,10,14-16,20,25H,3,8-9H2,1-2H3,(H,22,26,29)/t14-,15?,16?,20-/m1/s1. The molecule has 164 valence electrons. The van der Waals surface area contributed by atoms with E-state index in [9.17, 15) is 24.3 Å². The molecule has 1 aromatic heterocycles. The van der Waals surface area contributed by atoms with E-state index in [1.165, 1.54) is 10.8 Å². The minimum absolute atomic E-state index is 0.0153. The number of hydrogen-bond donors (Lipinski definition) is 2. The van der Waals surface area contributed by atoms with Crippen molar-refractivity contribution in [1.82, 2.24) is 14.5 Å². The smallest absolute Gasteiger partial charge is 0.330 e. The Morgan fingerprint density at radius 3 is 2.39 bits per heavy atom. The first-order chi connectivity index (χ1) is 14.8. The lowest BCUT2D eigenvalue weighted by atomic mass is 10.1. The Labute approximate surface area is 177 Å². The van der Waals surface area contributed by atoms with E-state index < -0.39 is 47.6 Å². The quantitative estimate of drug-likeness (QED) is 0.627. The predicted molar refractivity (Wildman–Crippen MR) is 108 cm³/mol. The van der Waals surface area contributed by atoms with E-state index in [1.807, 2.05) is 6.92 Å². The number of aliphatic hydroxyl groups is 1. The molecule has 0 aliphatic carbocycles. The van der Waals surface area contributed by atoms with E-state index in [4.69, 9.17) is 9.47 Å². The zero-order valence-electron chi connectivity index (χ0n) is 17.1. The van der Waals surface area contributed by atoms with Crippen LogP contribution in [0, 0.1) is 6.92 Å². The van der Waals surface area contributed by atoms with E-state index in [1.54, 1.807) is 31.2 Å². The van der Waals surface area contributed by atoms with Gasteiger partial charge in [0, 0.05) is 11.8 Å². The fourth-order valence-electron chi connectivity index (χ4n) is 3.96. The molecule has 1 fully saturated rings. The third-order valence-corrected chi connectivity index (χ3v) is 5.64. The number of carbonyl (C=O) groups excluding carboxylic acids is 2. The number of ether oxygens (including phenoxy) is 2. The summed E-state index contributed by atoms with van der Waals surface area (Å²) in [4.78, 5) is 52.3. The minimum Gasteiger partial charge on any atom is -0.388 e. The normalized spacial score (nSPS) is 25.3. The number of hydrogen-bond acceptors (Lipinski definition) is 7. The number of H-pyrrole nitrogens is 1. The minimum atomic E-state index is -1.03. The molecule has 10 nitrogen and oxygen atoms in total. The van der Waals surface area contributed by atoms with E-state index in [-0.39, 0.29) is 13.2 Å². The van der Waals surface area contributed by atoms with Crippen LogP contribution in [0.25, 0.3) is 0 Å². The number of nitrogens with one attached hydrogen (secondary N) is 1. The summed E-state index contributed by atoms with van der Waals surface area (Å²) < 4.78 is 12.8. The Bertz CT molecular complexity index is 1100. The van der Waals surface area contributed by atoms with Crippen LogP contribution < -0.4 is 11.2 Å². The number of nitrogens with zero attached hydrogens (tertiary/aromatic N) is 2. The number of benzene rings is 1. The van der Waals surface area contributed by atoms with E-state index >= 15 is 0 Å². The molecular formula is C21H23N3O7. The van der Waals surface area contributed by atoms with Crippen molar-refractivity contribution in [2.45, 2.75) is 44.8 Å². The molecule has 1 saturated heterocycles. The van der Waals surface area contributed by atoms with Gasteiger partial charge in [0.2, 0.25) is 0 Å². The van der Waals surface area contributed by atoms with Gasteiger partial charge in [-0.15, -0.1) is 0 Å². The highest BCUT2D eigenvalue weighted by molar-refractivity contribution is 6.21. The topological polar surface area (TPSA) is 131 Å². The van der Waals surface area contributed by atoms with Crippen molar-refractivity contribution in [3.63, 3.8) is 0 Å². The second kappa shape index (κ2) is 8.22. The van der Waals surface area contributed by atoms with Crippen LogP contribution in [0.5, 0.6) is 0 Å². The number of aromatic amines is 1. The van der Waals surface area contributed by atoms with Crippen molar-refractivity contribution in [3.8, 4) is 0 Å². The van der Waals surface area contributed by atoms with Crippen molar-refractivity contribution in [2.24, 2.45) is 0 Å². The van der Waals surface area contributed by atoms with Crippen molar-refractivity contribution in [2.75, 3.05) is 13.2 Å². The molecule has 3 heterocycles. The third-order valence-electron chi connectivity index (χ3n) is 5.64. The Morgan fingerprint density at radius 1 is 1.13 bits per heavy atom. The monoisotopic (exact) mass is 429 g/mol.